The second-order valence-corrected chi connectivity index (χ2v) is 12.7. The topological polar surface area (TPSA) is 145 Å². The summed E-state index contributed by atoms with van der Waals surface area (Å²) in [4.78, 5) is 57.2. The molecule has 0 spiro atoms. The molecular formula is C32H34N8O5. The monoisotopic (exact) mass is 610 g/mol. The summed E-state index contributed by atoms with van der Waals surface area (Å²) >= 11 is 0. The summed E-state index contributed by atoms with van der Waals surface area (Å²) in [5.41, 5.74) is 5.95. The van der Waals surface area contributed by atoms with Crippen LogP contribution in [0.4, 0.5) is 17.3 Å². The van der Waals surface area contributed by atoms with Gasteiger partial charge in [0.15, 0.2) is 5.82 Å². The van der Waals surface area contributed by atoms with E-state index < -0.39 is 5.97 Å². The highest BCUT2D eigenvalue weighted by Crippen LogP contribution is 2.40. The summed E-state index contributed by atoms with van der Waals surface area (Å²) in [7, 11) is 1.65. The third-order valence-corrected chi connectivity index (χ3v) is 8.71. The second-order valence-electron chi connectivity index (χ2n) is 12.7. The molecule has 45 heavy (non-hydrogen) atoms. The lowest BCUT2D eigenvalue weighted by molar-refractivity contribution is -0.142. The number of ether oxygens (including phenoxy) is 1. The Morgan fingerprint density at radius 2 is 1.96 bits per heavy atom. The average Bonchev–Trinajstić information content (AvgIpc) is 3.63. The van der Waals surface area contributed by atoms with Crippen molar-refractivity contribution in [2.75, 3.05) is 16.8 Å². The molecule has 0 fully saturated rings. The number of amides is 2. The number of pyridine rings is 2. The first kappa shape index (κ1) is 28.6. The quantitative estimate of drug-likeness (QED) is 0.317. The lowest BCUT2D eigenvalue weighted by Gasteiger charge is -2.31. The van der Waals surface area contributed by atoms with E-state index >= 15 is 0 Å². The molecule has 7 rings (SSSR count). The first-order valence-electron chi connectivity index (χ1n) is 14.9. The van der Waals surface area contributed by atoms with E-state index in [-0.39, 0.29) is 41.6 Å². The van der Waals surface area contributed by atoms with Gasteiger partial charge in [-0.25, -0.2) is 4.98 Å². The fourth-order valence-electron chi connectivity index (χ4n) is 6.68. The fraction of sp³-hybridized carbons (Fsp3) is 0.375. The van der Waals surface area contributed by atoms with Gasteiger partial charge in [0.2, 0.25) is 5.91 Å². The molecule has 0 saturated heterocycles. The number of hydrogen-bond donors (Lipinski definition) is 2. The SMILES string of the molecule is CC(=O)OCc1c(-c2cc(Nc3cc4n(n3)CC(=O)NC4)c(=O)n(C)c2)ccnc1N1CCn2c(cc3c2CC(C)(C)C3)C1=O. The van der Waals surface area contributed by atoms with Gasteiger partial charge in [-0.1, -0.05) is 13.8 Å². The molecule has 2 N–H and O–H groups in total. The zero-order valence-corrected chi connectivity index (χ0v) is 25.6. The van der Waals surface area contributed by atoms with Gasteiger partial charge in [-0.05, 0) is 47.6 Å². The van der Waals surface area contributed by atoms with Gasteiger partial charge in [-0.2, -0.15) is 5.10 Å². The highest BCUT2D eigenvalue weighted by molar-refractivity contribution is 6.06. The summed E-state index contributed by atoms with van der Waals surface area (Å²) in [5.74, 6) is 0.102. The Hall–Kier alpha value is -5.20. The van der Waals surface area contributed by atoms with Gasteiger partial charge in [-0.15, -0.1) is 0 Å². The summed E-state index contributed by atoms with van der Waals surface area (Å²) in [6.45, 7) is 7.23. The van der Waals surface area contributed by atoms with E-state index in [1.807, 2.05) is 6.07 Å². The predicted molar refractivity (Wildman–Crippen MR) is 165 cm³/mol. The lowest BCUT2D eigenvalue weighted by Crippen LogP contribution is -2.41. The zero-order valence-electron chi connectivity index (χ0n) is 25.6. The van der Waals surface area contributed by atoms with Crippen molar-refractivity contribution in [3.8, 4) is 11.1 Å². The molecule has 2 aliphatic heterocycles. The fourth-order valence-corrected chi connectivity index (χ4v) is 6.68. The van der Waals surface area contributed by atoms with Crippen LogP contribution in [0, 0.1) is 5.41 Å². The number of carbonyl (C=O) groups is 3. The van der Waals surface area contributed by atoms with Crippen LogP contribution in [0.3, 0.4) is 0 Å². The van der Waals surface area contributed by atoms with E-state index in [1.165, 1.54) is 22.7 Å². The molecule has 13 nitrogen and oxygen atoms in total. The standard InChI is InChI=1S/C32H34N8O5/c1-18(41)45-17-23-22(20-9-24(30(43)37(4)15-20)35-27-11-21-14-34-28(42)16-40(21)36-27)5-6-33-29(23)39-8-7-38-25(31(39)44)10-19-12-32(2,3)13-26(19)38/h5-6,9-11,15H,7-8,12-14,16-17H2,1-4H3,(H,34,42)(H,35,36). The van der Waals surface area contributed by atoms with E-state index in [9.17, 15) is 19.2 Å². The molecule has 6 heterocycles. The van der Waals surface area contributed by atoms with Crippen LogP contribution in [0.5, 0.6) is 0 Å². The molecule has 0 saturated carbocycles. The summed E-state index contributed by atoms with van der Waals surface area (Å²) < 4.78 is 10.7. The van der Waals surface area contributed by atoms with Gasteiger partial charge in [0, 0.05) is 62.3 Å². The van der Waals surface area contributed by atoms with Gasteiger partial charge in [0.25, 0.3) is 11.5 Å². The number of fused-ring (bicyclic) bond motifs is 4. The van der Waals surface area contributed by atoms with Crippen molar-refractivity contribution in [2.45, 2.75) is 59.9 Å². The molecule has 232 valence electrons. The van der Waals surface area contributed by atoms with Crippen molar-refractivity contribution in [1.29, 1.82) is 0 Å². The molecule has 0 bridgehead atoms. The minimum absolute atomic E-state index is 0.106. The first-order valence-corrected chi connectivity index (χ1v) is 14.9. The van der Waals surface area contributed by atoms with E-state index in [0.717, 1.165) is 18.5 Å². The largest absolute Gasteiger partial charge is 0.461 e. The van der Waals surface area contributed by atoms with E-state index in [2.05, 4.69) is 39.1 Å². The highest BCUT2D eigenvalue weighted by Gasteiger charge is 2.37. The number of nitrogens with one attached hydrogen (secondary N) is 2. The van der Waals surface area contributed by atoms with Crippen molar-refractivity contribution in [3.63, 3.8) is 0 Å². The third-order valence-electron chi connectivity index (χ3n) is 8.71. The number of rotatable bonds is 6. The Balaban J connectivity index is 1.26. The molecule has 0 atom stereocenters. The van der Waals surface area contributed by atoms with Gasteiger partial charge in [-0.3, -0.25) is 28.8 Å². The van der Waals surface area contributed by atoms with E-state index in [4.69, 9.17) is 4.74 Å². The zero-order chi connectivity index (χ0) is 31.6. The minimum atomic E-state index is -0.465. The van der Waals surface area contributed by atoms with Gasteiger partial charge >= 0.3 is 5.97 Å². The van der Waals surface area contributed by atoms with E-state index in [1.54, 1.807) is 47.2 Å². The van der Waals surface area contributed by atoms with Crippen molar-refractivity contribution in [1.82, 2.24) is 29.2 Å². The van der Waals surface area contributed by atoms with Crippen molar-refractivity contribution in [2.24, 2.45) is 12.5 Å². The third kappa shape index (κ3) is 5.07. The molecule has 2 amide bonds. The van der Waals surface area contributed by atoms with Gasteiger partial charge in [0.05, 0.1) is 12.2 Å². The maximum Gasteiger partial charge on any atom is 0.302 e. The average molecular weight is 611 g/mol. The van der Waals surface area contributed by atoms with Crippen LogP contribution in [0.2, 0.25) is 0 Å². The smallest absolute Gasteiger partial charge is 0.302 e. The van der Waals surface area contributed by atoms with Crippen LogP contribution in [0.15, 0.2) is 41.5 Å². The lowest BCUT2D eigenvalue weighted by atomic mass is 9.90. The van der Waals surface area contributed by atoms with E-state index in [0.29, 0.717) is 53.7 Å². The first-order chi connectivity index (χ1) is 21.5. The maximum atomic E-state index is 13.9. The number of nitrogens with zero attached hydrogens (tertiary/aromatic N) is 6. The van der Waals surface area contributed by atoms with Crippen LogP contribution >= 0.6 is 0 Å². The number of carbonyl (C=O) groups excluding carboxylic acids is 3. The molecule has 4 aromatic rings. The second kappa shape index (κ2) is 10.5. The predicted octanol–water partition coefficient (Wildman–Crippen LogP) is 2.67. The van der Waals surface area contributed by atoms with Crippen molar-refractivity contribution in [3.05, 3.63) is 75.2 Å². The molecule has 0 aromatic carbocycles. The summed E-state index contributed by atoms with van der Waals surface area (Å²) in [6, 6.07) is 7.29. The molecular weight excluding hydrogens is 576 g/mol. The Labute approximate surface area is 258 Å². The number of anilines is 3. The molecule has 3 aliphatic rings. The van der Waals surface area contributed by atoms with Crippen LogP contribution in [0.25, 0.3) is 11.1 Å². The number of aromatic nitrogens is 5. The number of hydrogen-bond acceptors (Lipinski definition) is 8. The molecule has 1 aliphatic carbocycles. The number of esters is 1. The normalized spacial score (nSPS) is 16.6. The Kier molecular flexibility index (Phi) is 6.64. The molecule has 0 unspecified atom stereocenters. The maximum absolute atomic E-state index is 13.9. The van der Waals surface area contributed by atoms with Crippen LogP contribution in [0.1, 0.15) is 53.8 Å². The van der Waals surface area contributed by atoms with Crippen molar-refractivity contribution >= 4 is 35.1 Å². The Morgan fingerprint density at radius 3 is 2.76 bits per heavy atom. The summed E-state index contributed by atoms with van der Waals surface area (Å²) in [6.07, 6.45) is 5.18. The van der Waals surface area contributed by atoms with Gasteiger partial charge < -0.3 is 24.5 Å². The van der Waals surface area contributed by atoms with Crippen LogP contribution in [-0.4, -0.2) is 48.2 Å². The molecule has 4 aromatic heterocycles. The van der Waals surface area contributed by atoms with Crippen molar-refractivity contribution < 1.29 is 19.1 Å². The van der Waals surface area contributed by atoms with Gasteiger partial charge in [0.1, 0.15) is 30.4 Å². The molecule has 13 heteroatoms. The summed E-state index contributed by atoms with van der Waals surface area (Å²) in [5, 5.41) is 10.3. The Morgan fingerprint density at radius 1 is 1.13 bits per heavy atom. The van der Waals surface area contributed by atoms with Crippen LogP contribution < -0.4 is 21.1 Å². The highest BCUT2D eigenvalue weighted by atomic mass is 16.5. The van der Waals surface area contributed by atoms with Crippen LogP contribution in [-0.2, 0) is 60.5 Å². The number of aryl methyl sites for hydroxylation is 1. The minimum Gasteiger partial charge on any atom is -0.461 e. The molecule has 0 radical (unpaired) electrons. The Bertz CT molecular complexity index is 1970.